The van der Waals surface area contributed by atoms with Gasteiger partial charge in [-0.25, -0.2) is 0 Å². The highest BCUT2D eigenvalue weighted by Crippen LogP contribution is 2.31. The Hall–Kier alpha value is -1.03. The fraction of sp³-hybridized carbons (Fsp3) is 0.533. The molecule has 19 heavy (non-hydrogen) atoms. The summed E-state index contributed by atoms with van der Waals surface area (Å²) in [5, 5.41) is 9.18. The van der Waals surface area contributed by atoms with Gasteiger partial charge in [-0.3, -0.25) is 4.79 Å². The van der Waals surface area contributed by atoms with Crippen LogP contribution in [-0.4, -0.2) is 17.7 Å². The maximum atomic E-state index is 11.2. The summed E-state index contributed by atoms with van der Waals surface area (Å²) >= 11 is 3.45. The summed E-state index contributed by atoms with van der Waals surface area (Å²) in [6.45, 7) is 4.24. The Kier molecular flexibility index (Phi) is 4.19. The van der Waals surface area contributed by atoms with E-state index in [4.69, 9.17) is 4.74 Å². The molecule has 1 aromatic rings. The number of carbonyl (C=O) groups is 1. The molecular formula is C15H19BrO3. The predicted molar refractivity (Wildman–Crippen MR) is 77.5 cm³/mol. The topological polar surface area (TPSA) is 46.5 Å². The standard InChI is InChI=1S/C15H19BrO3/c1-15(2,14(17)18)8-11-5-12(16)7-13(6-11)19-9-10-3-4-10/h5-7,10H,3-4,8-9H2,1-2H3,(H,17,18). The number of hydrogen-bond donors (Lipinski definition) is 1. The third-order valence-corrected chi connectivity index (χ3v) is 3.80. The molecule has 1 fully saturated rings. The first kappa shape index (κ1) is 14.4. The van der Waals surface area contributed by atoms with Crippen molar-refractivity contribution in [3.05, 3.63) is 28.2 Å². The number of aliphatic carboxylic acids is 1. The summed E-state index contributed by atoms with van der Waals surface area (Å²) in [6, 6.07) is 5.83. The minimum absolute atomic E-state index is 0.488. The third kappa shape index (κ3) is 4.23. The van der Waals surface area contributed by atoms with Gasteiger partial charge in [0.15, 0.2) is 0 Å². The fourth-order valence-corrected chi connectivity index (χ4v) is 2.41. The van der Waals surface area contributed by atoms with Crippen LogP contribution >= 0.6 is 15.9 Å². The van der Waals surface area contributed by atoms with Crippen LogP contribution in [0.2, 0.25) is 0 Å². The molecule has 0 atom stereocenters. The Morgan fingerprint density at radius 1 is 1.42 bits per heavy atom. The van der Waals surface area contributed by atoms with Crippen LogP contribution in [-0.2, 0) is 11.2 Å². The molecule has 0 spiro atoms. The second-order valence-corrected chi connectivity index (χ2v) is 6.83. The average molecular weight is 327 g/mol. The lowest BCUT2D eigenvalue weighted by molar-refractivity contribution is -0.146. The van der Waals surface area contributed by atoms with E-state index in [0.717, 1.165) is 22.4 Å². The molecule has 0 heterocycles. The lowest BCUT2D eigenvalue weighted by Crippen LogP contribution is -2.26. The molecule has 1 aliphatic carbocycles. The molecule has 1 N–H and O–H groups in total. The van der Waals surface area contributed by atoms with Crippen molar-refractivity contribution in [1.82, 2.24) is 0 Å². The molecule has 0 radical (unpaired) electrons. The Labute approximate surface area is 122 Å². The zero-order chi connectivity index (χ0) is 14.0. The Balaban J connectivity index is 2.08. The van der Waals surface area contributed by atoms with E-state index in [1.807, 2.05) is 18.2 Å². The SMILES string of the molecule is CC(C)(Cc1cc(Br)cc(OCC2CC2)c1)C(=O)O. The monoisotopic (exact) mass is 326 g/mol. The molecule has 0 saturated heterocycles. The van der Waals surface area contributed by atoms with Crippen molar-refractivity contribution < 1.29 is 14.6 Å². The van der Waals surface area contributed by atoms with Gasteiger partial charge < -0.3 is 9.84 Å². The Morgan fingerprint density at radius 2 is 2.11 bits per heavy atom. The fourth-order valence-electron chi connectivity index (χ4n) is 1.89. The highest BCUT2D eigenvalue weighted by molar-refractivity contribution is 9.10. The number of rotatable bonds is 6. The quantitative estimate of drug-likeness (QED) is 0.862. The van der Waals surface area contributed by atoms with Gasteiger partial charge >= 0.3 is 5.97 Å². The molecule has 0 aliphatic heterocycles. The summed E-state index contributed by atoms with van der Waals surface area (Å²) in [5.74, 6) is 0.739. The highest BCUT2D eigenvalue weighted by Gasteiger charge is 2.27. The van der Waals surface area contributed by atoms with Gasteiger partial charge in [0.25, 0.3) is 0 Å². The number of carboxylic acids is 1. The van der Waals surface area contributed by atoms with Gasteiger partial charge in [0, 0.05) is 4.47 Å². The second kappa shape index (κ2) is 5.53. The summed E-state index contributed by atoms with van der Waals surface area (Å²) in [7, 11) is 0. The number of halogens is 1. The number of benzene rings is 1. The van der Waals surface area contributed by atoms with Crippen molar-refractivity contribution in [3.63, 3.8) is 0 Å². The second-order valence-electron chi connectivity index (χ2n) is 5.92. The molecule has 0 aromatic heterocycles. The molecule has 0 unspecified atom stereocenters. The van der Waals surface area contributed by atoms with Gasteiger partial charge in [-0.15, -0.1) is 0 Å². The molecule has 1 aliphatic rings. The van der Waals surface area contributed by atoms with E-state index in [-0.39, 0.29) is 0 Å². The van der Waals surface area contributed by atoms with E-state index in [0.29, 0.717) is 12.3 Å². The lowest BCUT2D eigenvalue weighted by atomic mass is 9.86. The molecule has 3 nitrogen and oxygen atoms in total. The molecule has 104 valence electrons. The van der Waals surface area contributed by atoms with Crippen molar-refractivity contribution in [1.29, 1.82) is 0 Å². The van der Waals surface area contributed by atoms with Gasteiger partial charge in [0.2, 0.25) is 0 Å². The van der Waals surface area contributed by atoms with Crippen LogP contribution in [0.5, 0.6) is 5.75 Å². The van der Waals surface area contributed by atoms with E-state index >= 15 is 0 Å². The van der Waals surface area contributed by atoms with Gasteiger partial charge in [-0.2, -0.15) is 0 Å². The molecular weight excluding hydrogens is 308 g/mol. The molecule has 1 aromatic carbocycles. The minimum Gasteiger partial charge on any atom is -0.493 e. The van der Waals surface area contributed by atoms with Crippen LogP contribution < -0.4 is 4.74 Å². The predicted octanol–water partition coefficient (Wildman–Crippen LogP) is 3.89. The third-order valence-electron chi connectivity index (χ3n) is 3.34. The normalized spacial score (nSPS) is 15.3. The van der Waals surface area contributed by atoms with Gasteiger partial charge in [0.1, 0.15) is 5.75 Å². The van der Waals surface area contributed by atoms with Crippen LogP contribution in [0, 0.1) is 11.3 Å². The number of carboxylic acid groups (broad SMARTS) is 1. The van der Waals surface area contributed by atoms with E-state index < -0.39 is 11.4 Å². The average Bonchev–Trinajstić information content (AvgIpc) is 3.08. The zero-order valence-electron chi connectivity index (χ0n) is 11.3. The van der Waals surface area contributed by atoms with Gasteiger partial charge in [0.05, 0.1) is 12.0 Å². The lowest BCUT2D eigenvalue weighted by Gasteiger charge is -2.19. The zero-order valence-corrected chi connectivity index (χ0v) is 12.9. The van der Waals surface area contributed by atoms with Gasteiger partial charge in [-0.05, 0) is 62.8 Å². The maximum Gasteiger partial charge on any atom is 0.309 e. The summed E-state index contributed by atoms with van der Waals surface area (Å²) in [4.78, 5) is 11.2. The number of ether oxygens (including phenoxy) is 1. The van der Waals surface area contributed by atoms with E-state index in [9.17, 15) is 9.90 Å². The van der Waals surface area contributed by atoms with Crippen LogP contribution in [0.3, 0.4) is 0 Å². The maximum absolute atomic E-state index is 11.2. The van der Waals surface area contributed by atoms with Crippen molar-refractivity contribution in [2.75, 3.05) is 6.61 Å². The summed E-state index contributed by atoms with van der Waals surface area (Å²) in [5.41, 5.74) is 0.210. The molecule has 0 bridgehead atoms. The van der Waals surface area contributed by atoms with Crippen LogP contribution in [0.25, 0.3) is 0 Å². The Morgan fingerprint density at radius 3 is 2.68 bits per heavy atom. The summed E-state index contributed by atoms with van der Waals surface area (Å²) in [6.07, 6.45) is 3.00. The first-order valence-corrected chi connectivity index (χ1v) is 7.32. The smallest absolute Gasteiger partial charge is 0.309 e. The summed E-state index contributed by atoms with van der Waals surface area (Å²) < 4.78 is 6.68. The molecule has 2 rings (SSSR count). The largest absolute Gasteiger partial charge is 0.493 e. The first-order chi connectivity index (χ1) is 8.87. The Bertz CT molecular complexity index is 478. The molecule has 4 heteroatoms. The van der Waals surface area contributed by atoms with E-state index in [1.165, 1.54) is 12.8 Å². The number of hydrogen-bond acceptors (Lipinski definition) is 2. The van der Waals surface area contributed by atoms with Crippen molar-refractivity contribution in [2.24, 2.45) is 11.3 Å². The molecule has 1 saturated carbocycles. The van der Waals surface area contributed by atoms with Gasteiger partial charge in [-0.1, -0.05) is 15.9 Å². The van der Waals surface area contributed by atoms with Crippen molar-refractivity contribution >= 4 is 21.9 Å². The van der Waals surface area contributed by atoms with Crippen LogP contribution in [0.1, 0.15) is 32.3 Å². The van der Waals surface area contributed by atoms with E-state index in [2.05, 4.69) is 15.9 Å². The van der Waals surface area contributed by atoms with Crippen LogP contribution in [0.4, 0.5) is 0 Å². The van der Waals surface area contributed by atoms with E-state index in [1.54, 1.807) is 13.8 Å². The van der Waals surface area contributed by atoms with Crippen molar-refractivity contribution in [2.45, 2.75) is 33.1 Å². The van der Waals surface area contributed by atoms with Crippen LogP contribution in [0.15, 0.2) is 22.7 Å². The highest BCUT2D eigenvalue weighted by atomic mass is 79.9. The minimum atomic E-state index is -0.784. The first-order valence-electron chi connectivity index (χ1n) is 6.52. The molecule has 0 amide bonds. The van der Waals surface area contributed by atoms with Crippen molar-refractivity contribution in [3.8, 4) is 5.75 Å².